The monoisotopic (exact) mass is 292 g/mol. The van der Waals surface area contributed by atoms with E-state index in [1.807, 2.05) is 0 Å². The van der Waals surface area contributed by atoms with Crippen molar-refractivity contribution in [2.24, 2.45) is 11.1 Å². The van der Waals surface area contributed by atoms with Crippen molar-refractivity contribution in [3.63, 3.8) is 0 Å². The average molecular weight is 292 g/mol. The van der Waals surface area contributed by atoms with E-state index >= 15 is 0 Å². The fraction of sp³-hybridized carbons (Fsp3) is 0.600. The van der Waals surface area contributed by atoms with Crippen LogP contribution in [-0.2, 0) is 0 Å². The maximum absolute atomic E-state index is 11.4. The van der Waals surface area contributed by atoms with Crippen molar-refractivity contribution in [2.75, 3.05) is 17.6 Å². The van der Waals surface area contributed by atoms with Crippen LogP contribution < -0.4 is 16.8 Å². The molecular weight excluding hydrogens is 268 g/mol. The Bertz CT molecular complexity index is 532. The second-order valence-electron chi connectivity index (χ2n) is 6.77. The van der Waals surface area contributed by atoms with Gasteiger partial charge < -0.3 is 21.9 Å². The van der Waals surface area contributed by atoms with Gasteiger partial charge in [0, 0.05) is 6.54 Å². The summed E-state index contributed by atoms with van der Waals surface area (Å²) < 4.78 is 0. The highest BCUT2D eigenvalue weighted by molar-refractivity contribution is 5.98. The minimum Gasteiger partial charge on any atom is -0.397 e. The molecule has 1 fully saturated rings. The SMILES string of the molecule is CC1(C)CCC(O)(CNc2ncc(N)cc2C(N)=O)CC1. The molecule has 0 bridgehead atoms. The summed E-state index contributed by atoms with van der Waals surface area (Å²) in [5.74, 6) is -0.218. The van der Waals surface area contributed by atoms with Crippen LogP contribution in [0.4, 0.5) is 11.5 Å². The van der Waals surface area contributed by atoms with Gasteiger partial charge in [-0.05, 0) is 37.2 Å². The molecule has 6 nitrogen and oxygen atoms in total. The molecule has 0 unspecified atom stereocenters. The van der Waals surface area contributed by atoms with Gasteiger partial charge in [-0.25, -0.2) is 4.98 Å². The smallest absolute Gasteiger partial charge is 0.252 e. The first kappa shape index (κ1) is 15.6. The second kappa shape index (κ2) is 5.52. The predicted octanol–water partition coefficient (Wildman–Crippen LogP) is 1.51. The molecule has 1 heterocycles. The van der Waals surface area contributed by atoms with E-state index < -0.39 is 11.5 Å². The number of nitrogens with one attached hydrogen (secondary N) is 1. The third-order valence-corrected chi connectivity index (χ3v) is 4.29. The Kier molecular flexibility index (Phi) is 4.09. The fourth-order valence-corrected chi connectivity index (χ4v) is 2.63. The first-order chi connectivity index (χ1) is 9.71. The Morgan fingerprint density at radius 3 is 2.57 bits per heavy atom. The average Bonchev–Trinajstić information content (AvgIpc) is 2.41. The summed E-state index contributed by atoms with van der Waals surface area (Å²) in [7, 11) is 0. The van der Waals surface area contributed by atoms with Crippen molar-refractivity contribution in [3.8, 4) is 0 Å². The van der Waals surface area contributed by atoms with E-state index in [0.717, 1.165) is 25.7 Å². The molecule has 2 rings (SSSR count). The Hall–Kier alpha value is -1.82. The van der Waals surface area contributed by atoms with Crippen molar-refractivity contribution in [2.45, 2.75) is 45.1 Å². The number of primary amides is 1. The number of nitrogens with two attached hydrogens (primary N) is 2. The van der Waals surface area contributed by atoms with Gasteiger partial charge in [0.25, 0.3) is 5.91 Å². The van der Waals surface area contributed by atoms with Gasteiger partial charge in [0.1, 0.15) is 5.82 Å². The zero-order chi connectivity index (χ0) is 15.7. The van der Waals surface area contributed by atoms with Crippen molar-refractivity contribution < 1.29 is 9.90 Å². The zero-order valence-electron chi connectivity index (χ0n) is 12.6. The summed E-state index contributed by atoms with van der Waals surface area (Å²) in [6.07, 6.45) is 4.87. The fourth-order valence-electron chi connectivity index (χ4n) is 2.63. The highest BCUT2D eigenvalue weighted by Crippen LogP contribution is 2.40. The Balaban J connectivity index is 2.05. The van der Waals surface area contributed by atoms with Crippen LogP contribution in [0, 0.1) is 5.41 Å². The highest BCUT2D eigenvalue weighted by atomic mass is 16.3. The predicted molar refractivity (Wildman–Crippen MR) is 82.9 cm³/mol. The maximum Gasteiger partial charge on any atom is 0.252 e. The highest BCUT2D eigenvalue weighted by Gasteiger charge is 2.36. The third-order valence-electron chi connectivity index (χ3n) is 4.29. The van der Waals surface area contributed by atoms with E-state index in [2.05, 4.69) is 24.1 Å². The van der Waals surface area contributed by atoms with Gasteiger partial charge in [-0.2, -0.15) is 0 Å². The van der Waals surface area contributed by atoms with E-state index in [4.69, 9.17) is 11.5 Å². The van der Waals surface area contributed by atoms with Gasteiger partial charge in [-0.3, -0.25) is 4.79 Å². The molecule has 1 amide bonds. The quantitative estimate of drug-likeness (QED) is 0.671. The standard InChI is InChI=1S/C15H24N4O2/c1-14(2)3-5-15(21,6-4-14)9-19-13-11(12(17)20)7-10(16)8-18-13/h7-8,21H,3-6,9,16H2,1-2H3,(H2,17,20)(H,18,19). The van der Waals surface area contributed by atoms with Crippen LogP contribution in [0.5, 0.6) is 0 Å². The van der Waals surface area contributed by atoms with Crippen LogP contribution in [0.15, 0.2) is 12.3 Å². The van der Waals surface area contributed by atoms with E-state index in [1.54, 1.807) is 0 Å². The molecule has 1 aromatic rings. The van der Waals surface area contributed by atoms with E-state index in [0.29, 0.717) is 18.1 Å². The van der Waals surface area contributed by atoms with Crippen LogP contribution >= 0.6 is 0 Å². The number of hydrogen-bond acceptors (Lipinski definition) is 5. The number of aromatic nitrogens is 1. The minimum atomic E-state index is -0.770. The molecule has 1 aliphatic carbocycles. The Morgan fingerprint density at radius 1 is 1.38 bits per heavy atom. The number of pyridine rings is 1. The largest absolute Gasteiger partial charge is 0.397 e. The van der Waals surface area contributed by atoms with Crippen LogP contribution in [0.25, 0.3) is 0 Å². The maximum atomic E-state index is 11.4. The van der Waals surface area contributed by atoms with Crippen LogP contribution in [0.1, 0.15) is 49.9 Å². The number of carbonyl (C=O) groups is 1. The summed E-state index contributed by atoms with van der Waals surface area (Å²) in [5.41, 5.74) is 11.1. The van der Waals surface area contributed by atoms with Crippen LogP contribution in [0.2, 0.25) is 0 Å². The first-order valence-corrected chi connectivity index (χ1v) is 7.22. The van der Waals surface area contributed by atoms with Crippen molar-refractivity contribution in [1.82, 2.24) is 4.98 Å². The molecule has 1 aromatic heterocycles. The summed E-state index contributed by atoms with van der Waals surface area (Å²) >= 11 is 0. The first-order valence-electron chi connectivity index (χ1n) is 7.22. The third kappa shape index (κ3) is 3.85. The molecule has 0 atom stereocenters. The summed E-state index contributed by atoms with van der Waals surface area (Å²) in [6.45, 7) is 4.78. The summed E-state index contributed by atoms with van der Waals surface area (Å²) in [4.78, 5) is 15.5. The van der Waals surface area contributed by atoms with Crippen LogP contribution in [-0.4, -0.2) is 28.1 Å². The molecule has 1 saturated carbocycles. The molecule has 0 saturated heterocycles. The molecule has 6 N–H and O–H groups in total. The Labute approximate surface area is 124 Å². The lowest BCUT2D eigenvalue weighted by Crippen LogP contribution is -2.42. The van der Waals surface area contributed by atoms with E-state index in [1.165, 1.54) is 12.3 Å². The molecule has 6 heteroatoms. The second-order valence-corrected chi connectivity index (χ2v) is 6.77. The molecule has 0 spiro atoms. The van der Waals surface area contributed by atoms with Gasteiger partial charge in [0.05, 0.1) is 23.0 Å². The van der Waals surface area contributed by atoms with Gasteiger partial charge in [-0.1, -0.05) is 13.8 Å². The molecule has 0 aromatic carbocycles. The molecule has 1 aliphatic rings. The number of nitrogen functional groups attached to an aromatic ring is 1. The molecule has 0 radical (unpaired) electrons. The number of amides is 1. The normalized spacial score (nSPS) is 20.0. The lowest BCUT2D eigenvalue weighted by Gasteiger charge is -2.40. The van der Waals surface area contributed by atoms with Gasteiger partial charge in [0.2, 0.25) is 0 Å². The number of anilines is 2. The number of aliphatic hydroxyl groups is 1. The number of rotatable bonds is 4. The number of hydrogen-bond donors (Lipinski definition) is 4. The van der Waals surface area contributed by atoms with Gasteiger partial charge in [-0.15, -0.1) is 0 Å². The van der Waals surface area contributed by atoms with E-state index in [9.17, 15) is 9.90 Å². The van der Waals surface area contributed by atoms with Crippen molar-refractivity contribution in [3.05, 3.63) is 17.8 Å². The summed E-state index contributed by atoms with van der Waals surface area (Å²) in [5, 5.41) is 13.7. The van der Waals surface area contributed by atoms with Crippen LogP contribution in [0.3, 0.4) is 0 Å². The lowest BCUT2D eigenvalue weighted by atomic mass is 9.71. The number of carbonyl (C=O) groups excluding carboxylic acids is 1. The summed E-state index contributed by atoms with van der Waals surface area (Å²) in [6, 6.07) is 1.49. The minimum absolute atomic E-state index is 0.245. The lowest BCUT2D eigenvalue weighted by molar-refractivity contribution is -0.0146. The van der Waals surface area contributed by atoms with Gasteiger partial charge in [0.15, 0.2) is 0 Å². The van der Waals surface area contributed by atoms with E-state index in [-0.39, 0.29) is 11.0 Å². The van der Waals surface area contributed by atoms with Crippen molar-refractivity contribution >= 4 is 17.4 Å². The molecule has 0 aliphatic heterocycles. The van der Waals surface area contributed by atoms with Crippen molar-refractivity contribution in [1.29, 1.82) is 0 Å². The molecular formula is C15H24N4O2. The molecule has 116 valence electrons. The van der Waals surface area contributed by atoms with Gasteiger partial charge >= 0.3 is 0 Å². The zero-order valence-corrected chi connectivity index (χ0v) is 12.6. The number of nitrogens with zero attached hydrogens (tertiary/aromatic N) is 1. The Morgan fingerprint density at radius 2 is 2.00 bits per heavy atom. The topological polar surface area (TPSA) is 114 Å². The molecule has 21 heavy (non-hydrogen) atoms.